The average Bonchev–Trinajstić information content (AvgIpc) is 2.68. The van der Waals surface area contributed by atoms with Gasteiger partial charge in [0.15, 0.2) is 11.5 Å². The average molecular weight is 352 g/mol. The van der Waals surface area contributed by atoms with E-state index in [0.29, 0.717) is 23.6 Å². The van der Waals surface area contributed by atoms with Crippen LogP contribution in [0.3, 0.4) is 0 Å². The van der Waals surface area contributed by atoms with E-state index in [1.165, 1.54) is 6.07 Å². The van der Waals surface area contributed by atoms with Gasteiger partial charge in [0.2, 0.25) is 0 Å². The molecule has 0 aliphatic carbocycles. The fraction of sp³-hybridized carbons (Fsp3) is 0.190. The summed E-state index contributed by atoms with van der Waals surface area (Å²) in [6.07, 6.45) is 3.60. The molecule has 0 bridgehead atoms. The Hall–Kier alpha value is -2.92. The van der Waals surface area contributed by atoms with Crippen LogP contribution in [0.25, 0.3) is 0 Å². The molecular weight excluding hydrogens is 331 g/mol. The predicted molar refractivity (Wildman–Crippen MR) is 98.5 cm³/mol. The molecule has 0 spiro atoms. The largest absolute Gasteiger partial charge is 0.493 e. The van der Waals surface area contributed by atoms with Crippen LogP contribution in [0.5, 0.6) is 11.5 Å². The molecule has 0 fully saturated rings. The highest BCUT2D eigenvalue weighted by molar-refractivity contribution is 5.43. The molecule has 1 aromatic heterocycles. The fourth-order valence-electron chi connectivity index (χ4n) is 2.57. The van der Waals surface area contributed by atoms with Crippen molar-refractivity contribution < 1.29 is 13.9 Å². The number of rotatable bonds is 8. The van der Waals surface area contributed by atoms with Gasteiger partial charge in [-0.3, -0.25) is 4.98 Å². The van der Waals surface area contributed by atoms with Crippen LogP contribution in [0.15, 0.2) is 67.0 Å². The van der Waals surface area contributed by atoms with Crippen LogP contribution in [0, 0.1) is 5.82 Å². The Bertz CT molecular complexity index is 840. The highest BCUT2D eigenvalue weighted by atomic mass is 19.1. The number of aromatic nitrogens is 1. The standard InChI is InChI=1S/C21H21FN2O2/c1-25-21-11-16(12-24-14-17-5-4-10-23-13-17)8-9-20(21)26-15-18-6-2-3-7-19(18)22/h2-11,13,24H,12,14-15H2,1H3. The molecule has 3 rings (SSSR count). The molecule has 2 aromatic carbocycles. The Morgan fingerprint density at radius 3 is 2.58 bits per heavy atom. The van der Waals surface area contributed by atoms with Crippen molar-refractivity contribution in [2.24, 2.45) is 0 Å². The summed E-state index contributed by atoms with van der Waals surface area (Å²) in [7, 11) is 1.60. The van der Waals surface area contributed by atoms with Crippen LogP contribution in [-0.4, -0.2) is 12.1 Å². The van der Waals surface area contributed by atoms with Crippen molar-refractivity contribution in [1.29, 1.82) is 0 Å². The van der Waals surface area contributed by atoms with Gasteiger partial charge in [-0.05, 0) is 35.4 Å². The highest BCUT2D eigenvalue weighted by Crippen LogP contribution is 2.29. The topological polar surface area (TPSA) is 43.4 Å². The summed E-state index contributed by atoms with van der Waals surface area (Å²) in [4.78, 5) is 4.10. The van der Waals surface area contributed by atoms with Gasteiger partial charge in [-0.15, -0.1) is 0 Å². The number of nitrogens with zero attached hydrogens (tertiary/aromatic N) is 1. The number of halogens is 1. The van der Waals surface area contributed by atoms with Crippen molar-refractivity contribution in [3.8, 4) is 11.5 Å². The van der Waals surface area contributed by atoms with Crippen molar-refractivity contribution in [2.75, 3.05) is 7.11 Å². The van der Waals surface area contributed by atoms with E-state index >= 15 is 0 Å². The van der Waals surface area contributed by atoms with E-state index in [4.69, 9.17) is 9.47 Å². The molecule has 5 heteroatoms. The van der Waals surface area contributed by atoms with Crippen molar-refractivity contribution >= 4 is 0 Å². The lowest BCUT2D eigenvalue weighted by molar-refractivity contribution is 0.279. The Morgan fingerprint density at radius 2 is 1.81 bits per heavy atom. The summed E-state index contributed by atoms with van der Waals surface area (Å²) in [6.45, 7) is 1.59. The van der Waals surface area contributed by atoms with E-state index in [0.717, 1.165) is 17.7 Å². The summed E-state index contributed by atoms with van der Waals surface area (Å²) in [5, 5.41) is 3.37. The number of methoxy groups -OCH3 is 1. The second-order valence-electron chi connectivity index (χ2n) is 5.83. The first-order valence-electron chi connectivity index (χ1n) is 8.39. The third kappa shape index (κ3) is 4.80. The molecular formula is C21H21FN2O2. The molecule has 26 heavy (non-hydrogen) atoms. The van der Waals surface area contributed by atoms with Crippen LogP contribution in [0.2, 0.25) is 0 Å². The first kappa shape index (κ1) is 17.9. The van der Waals surface area contributed by atoms with Crippen molar-refractivity contribution in [3.05, 3.63) is 89.5 Å². The maximum Gasteiger partial charge on any atom is 0.161 e. The molecule has 4 nitrogen and oxygen atoms in total. The van der Waals surface area contributed by atoms with Gasteiger partial charge >= 0.3 is 0 Å². The molecule has 0 saturated heterocycles. The lowest BCUT2D eigenvalue weighted by atomic mass is 10.2. The normalized spacial score (nSPS) is 10.5. The predicted octanol–water partition coefficient (Wildman–Crippen LogP) is 4.10. The number of hydrogen-bond acceptors (Lipinski definition) is 4. The summed E-state index contributed by atoms with van der Waals surface area (Å²) in [6, 6.07) is 16.3. The number of pyridine rings is 1. The Labute approximate surface area is 152 Å². The molecule has 0 atom stereocenters. The lowest BCUT2D eigenvalue weighted by Crippen LogP contribution is -2.12. The highest BCUT2D eigenvalue weighted by Gasteiger charge is 2.08. The molecule has 1 N–H and O–H groups in total. The Kier molecular flexibility index (Phi) is 6.17. The van der Waals surface area contributed by atoms with E-state index in [2.05, 4.69) is 10.3 Å². The summed E-state index contributed by atoms with van der Waals surface area (Å²) in [5.41, 5.74) is 2.71. The second-order valence-corrected chi connectivity index (χ2v) is 5.83. The number of nitrogens with one attached hydrogen (secondary N) is 1. The van der Waals surface area contributed by atoms with E-state index in [-0.39, 0.29) is 12.4 Å². The zero-order chi connectivity index (χ0) is 18.2. The number of ether oxygens (including phenoxy) is 2. The molecule has 0 aliphatic heterocycles. The van der Waals surface area contributed by atoms with Gasteiger partial charge in [0.25, 0.3) is 0 Å². The molecule has 1 heterocycles. The summed E-state index contributed by atoms with van der Waals surface area (Å²) < 4.78 is 24.8. The van der Waals surface area contributed by atoms with Crippen molar-refractivity contribution in [2.45, 2.75) is 19.7 Å². The minimum absolute atomic E-state index is 0.154. The molecule has 0 amide bonds. The monoisotopic (exact) mass is 352 g/mol. The molecule has 0 saturated carbocycles. The van der Waals surface area contributed by atoms with E-state index < -0.39 is 0 Å². The van der Waals surface area contributed by atoms with Gasteiger partial charge < -0.3 is 14.8 Å². The van der Waals surface area contributed by atoms with Gasteiger partial charge in [0.05, 0.1) is 7.11 Å². The smallest absolute Gasteiger partial charge is 0.161 e. The first-order valence-corrected chi connectivity index (χ1v) is 8.39. The van der Waals surface area contributed by atoms with E-state index in [1.54, 1.807) is 31.5 Å². The second kappa shape index (κ2) is 8.97. The van der Waals surface area contributed by atoms with Crippen LogP contribution in [-0.2, 0) is 19.7 Å². The summed E-state index contributed by atoms with van der Waals surface area (Å²) in [5.74, 6) is 0.941. The maximum absolute atomic E-state index is 13.7. The minimum Gasteiger partial charge on any atom is -0.493 e. The SMILES string of the molecule is COc1cc(CNCc2cccnc2)ccc1OCc1ccccc1F. The van der Waals surface area contributed by atoms with E-state index in [9.17, 15) is 4.39 Å². The quantitative estimate of drug-likeness (QED) is 0.663. The van der Waals surface area contributed by atoms with E-state index in [1.807, 2.05) is 36.5 Å². The third-order valence-electron chi connectivity index (χ3n) is 3.95. The number of benzene rings is 2. The van der Waals surface area contributed by atoms with Crippen molar-refractivity contribution in [3.63, 3.8) is 0 Å². The Balaban J connectivity index is 1.59. The zero-order valence-corrected chi connectivity index (χ0v) is 14.6. The molecule has 0 radical (unpaired) electrons. The molecule has 134 valence electrons. The minimum atomic E-state index is -0.275. The van der Waals surface area contributed by atoms with Gasteiger partial charge in [0.1, 0.15) is 12.4 Å². The lowest BCUT2D eigenvalue weighted by Gasteiger charge is -2.13. The fourth-order valence-corrected chi connectivity index (χ4v) is 2.57. The van der Waals surface area contributed by atoms with Crippen molar-refractivity contribution in [1.82, 2.24) is 10.3 Å². The van der Waals surface area contributed by atoms with Crippen LogP contribution in [0.1, 0.15) is 16.7 Å². The number of hydrogen-bond donors (Lipinski definition) is 1. The molecule has 0 unspecified atom stereocenters. The van der Waals surface area contributed by atoms with Crippen LogP contribution >= 0.6 is 0 Å². The van der Waals surface area contributed by atoms with Crippen LogP contribution in [0.4, 0.5) is 4.39 Å². The van der Waals surface area contributed by atoms with Gasteiger partial charge in [-0.25, -0.2) is 4.39 Å². The maximum atomic E-state index is 13.7. The zero-order valence-electron chi connectivity index (χ0n) is 14.6. The van der Waals surface area contributed by atoms with Crippen LogP contribution < -0.4 is 14.8 Å². The Morgan fingerprint density at radius 1 is 0.962 bits per heavy atom. The van der Waals surface area contributed by atoms with Gasteiger partial charge in [-0.2, -0.15) is 0 Å². The third-order valence-corrected chi connectivity index (χ3v) is 3.95. The first-order chi connectivity index (χ1) is 12.8. The van der Waals surface area contributed by atoms with Gasteiger partial charge in [0, 0.05) is 31.0 Å². The van der Waals surface area contributed by atoms with Gasteiger partial charge in [-0.1, -0.05) is 30.3 Å². The molecule has 0 aliphatic rings. The molecule has 3 aromatic rings. The summed E-state index contributed by atoms with van der Waals surface area (Å²) >= 11 is 0.